The van der Waals surface area contributed by atoms with Crippen LogP contribution in [0, 0.1) is 0 Å². The van der Waals surface area contributed by atoms with Crippen molar-refractivity contribution in [3.63, 3.8) is 0 Å². The summed E-state index contributed by atoms with van der Waals surface area (Å²) in [6, 6.07) is 16.0. The van der Waals surface area contributed by atoms with Crippen molar-refractivity contribution in [2.45, 2.75) is 13.1 Å². The minimum Gasteiger partial charge on any atom is -0.497 e. The van der Waals surface area contributed by atoms with Gasteiger partial charge in [0, 0.05) is 13.6 Å². The predicted molar refractivity (Wildman–Crippen MR) is 97.2 cm³/mol. The van der Waals surface area contributed by atoms with E-state index >= 15 is 0 Å². The van der Waals surface area contributed by atoms with E-state index in [1.807, 2.05) is 48.1 Å². The molecular formula is C19H22N4O2. The normalized spacial score (nSPS) is 10.5. The van der Waals surface area contributed by atoms with Crippen molar-refractivity contribution >= 4 is 5.95 Å². The Morgan fingerprint density at radius 1 is 0.880 bits per heavy atom. The van der Waals surface area contributed by atoms with Gasteiger partial charge in [0.25, 0.3) is 0 Å². The van der Waals surface area contributed by atoms with Crippen molar-refractivity contribution in [2.75, 3.05) is 26.2 Å². The first-order valence-electron chi connectivity index (χ1n) is 8.04. The van der Waals surface area contributed by atoms with Crippen molar-refractivity contribution in [1.29, 1.82) is 0 Å². The van der Waals surface area contributed by atoms with E-state index in [0.29, 0.717) is 6.54 Å². The summed E-state index contributed by atoms with van der Waals surface area (Å²) in [6.07, 6.45) is 1.59. The van der Waals surface area contributed by atoms with E-state index in [4.69, 9.17) is 9.47 Å². The fourth-order valence-electron chi connectivity index (χ4n) is 2.64. The largest absolute Gasteiger partial charge is 0.497 e. The molecule has 3 aromatic rings. The zero-order valence-corrected chi connectivity index (χ0v) is 14.7. The van der Waals surface area contributed by atoms with E-state index in [1.165, 1.54) is 5.56 Å². The molecule has 0 fully saturated rings. The summed E-state index contributed by atoms with van der Waals surface area (Å²) in [7, 11) is 5.35. The van der Waals surface area contributed by atoms with Gasteiger partial charge in [-0.15, -0.1) is 0 Å². The van der Waals surface area contributed by atoms with Crippen molar-refractivity contribution < 1.29 is 9.47 Å². The Balaban J connectivity index is 1.70. The summed E-state index contributed by atoms with van der Waals surface area (Å²) in [5.74, 6) is 2.53. The molecule has 0 spiro atoms. The molecule has 1 heterocycles. The summed E-state index contributed by atoms with van der Waals surface area (Å²) in [6.45, 7) is 1.40. The Morgan fingerprint density at radius 2 is 1.44 bits per heavy atom. The van der Waals surface area contributed by atoms with Gasteiger partial charge in [0.15, 0.2) is 0 Å². The number of anilines is 1. The summed E-state index contributed by atoms with van der Waals surface area (Å²) in [4.78, 5) is 6.49. The highest BCUT2D eigenvalue weighted by atomic mass is 16.5. The molecule has 0 unspecified atom stereocenters. The Labute approximate surface area is 147 Å². The molecule has 3 rings (SSSR count). The topological polar surface area (TPSA) is 52.4 Å². The van der Waals surface area contributed by atoms with Crippen LogP contribution in [0.1, 0.15) is 11.1 Å². The highest BCUT2D eigenvalue weighted by Crippen LogP contribution is 2.17. The lowest BCUT2D eigenvalue weighted by Gasteiger charge is -2.19. The lowest BCUT2D eigenvalue weighted by atomic mass is 10.2. The lowest BCUT2D eigenvalue weighted by Crippen LogP contribution is -2.21. The average molecular weight is 338 g/mol. The molecule has 0 N–H and O–H groups in total. The number of methoxy groups -OCH3 is 2. The van der Waals surface area contributed by atoms with Gasteiger partial charge in [-0.05, 0) is 35.4 Å². The van der Waals surface area contributed by atoms with Crippen molar-refractivity contribution in [3.8, 4) is 11.5 Å². The fraction of sp³-hybridized carbons (Fsp3) is 0.263. The van der Waals surface area contributed by atoms with Crippen molar-refractivity contribution in [2.24, 2.45) is 0 Å². The van der Waals surface area contributed by atoms with E-state index in [9.17, 15) is 0 Å². The second kappa shape index (κ2) is 7.70. The number of rotatable bonds is 7. The van der Waals surface area contributed by atoms with Crippen LogP contribution in [0.15, 0.2) is 54.9 Å². The third kappa shape index (κ3) is 4.09. The number of aromatic nitrogens is 3. The van der Waals surface area contributed by atoms with Crippen LogP contribution in [0.25, 0.3) is 0 Å². The molecule has 0 bridgehead atoms. The third-order valence-electron chi connectivity index (χ3n) is 4.01. The Bertz CT molecular complexity index is 797. The second-order valence-electron chi connectivity index (χ2n) is 5.77. The molecule has 2 aromatic carbocycles. The molecule has 0 saturated heterocycles. The average Bonchev–Trinajstić information content (AvgIpc) is 3.11. The fourth-order valence-corrected chi connectivity index (χ4v) is 2.64. The van der Waals surface area contributed by atoms with Gasteiger partial charge in [-0.25, -0.2) is 4.68 Å². The molecule has 1 aromatic heterocycles. The van der Waals surface area contributed by atoms with Crippen molar-refractivity contribution in [1.82, 2.24) is 14.8 Å². The summed E-state index contributed by atoms with van der Waals surface area (Å²) in [5.41, 5.74) is 2.33. The molecule has 0 aliphatic heterocycles. The predicted octanol–water partition coefficient (Wildman–Crippen LogP) is 2.98. The van der Waals surface area contributed by atoms with Crippen LogP contribution in [0.5, 0.6) is 11.5 Å². The minimum absolute atomic E-state index is 0.659. The molecule has 0 saturated carbocycles. The van der Waals surface area contributed by atoms with Crippen LogP contribution >= 0.6 is 0 Å². The van der Waals surface area contributed by atoms with Gasteiger partial charge < -0.3 is 14.4 Å². The standard InChI is InChI=1S/C19H22N4O2/c1-22(12-15-4-8-17(24-2)9-5-15)19-20-14-21-23(19)13-16-6-10-18(25-3)11-7-16/h4-11,14H,12-13H2,1-3H3. The maximum Gasteiger partial charge on any atom is 0.224 e. The molecule has 0 radical (unpaired) electrons. The number of ether oxygens (including phenoxy) is 2. The Morgan fingerprint density at radius 3 is 2.00 bits per heavy atom. The van der Waals surface area contributed by atoms with E-state index in [1.54, 1.807) is 20.5 Å². The lowest BCUT2D eigenvalue weighted by molar-refractivity contribution is 0.414. The molecular weight excluding hydrogens is 316 g/mol. The maximum atomic E-state index is 5.20. The van der Waals surface area contributed by atoms with E-state index in [2.05, 4.69) is 27.1 Å². The van der Waals surface area contributed by atoms with E-state index < -0.39 is 0 Å². The third-order valence-corrected chi connectivity index (χ3v) is 4.01. The molecule has 25 heavy (non-hydrogen) atoms. The molecule has 0 aliphatic rings. The van der Waals surface area contributed by atoms with Crippen LogP contribution in [0.2, 0.25) is 0 Å². The van der Waals surface area contributed by atoms with Crippen LogP contribution < -0.4 is 14.4 Å². The number of hydrogen-bond donors (Lipinski definition) is 0. The molecule has 0 atom stereocenters. The van der Waals surface area contributed by atoms with Gasteiger partial charge in [-0.2, -0.15) is 10.1 Å². The first kappa shape index (κ1) is 16.8. The van der Waals surface area contributed by atoms with Crippen LogP contribution in [0.3, 0.4) is 0 Å². The molecule has 6 nitrogen and oxygen atoms in total. The van der Waals surface area contributed by atoms with Gasteiger partial charge >= 0.3 is 0 Å². The van der Waals surface area contributed by atoms with E-state index in [-0.39, 0.29) is 0 Å². The van der Waals surface area contributed by atoms with Crippen LogP contribution in [0.4, 0.5) is 5.95 Å². The van der Waals surface area contributed by atoms with E-state index in [0.717, 1.165) is 29.6 Å². The SMILES string of the molecule is COc1ccc(CN(C)c2ncnn2Cc2ccc(OC)cc2)cc1. The minimum atomic E-state index is 0.659. The van der Waals surface area contributed by atoms with Crippen molar-refractivity contribution in [3.05, 3.63) is 66.0 Å². The molecule has 0 amide bonds. The first-order chi connectivity index (χ1) is 12.2. The first-order valence-corrected chi connectivity index (χ1v) is 8.04. The number of hydrogen-bond acceptors (Lipinski definition) is 5. The Hall–Kier alpha value is -3.02. The van der Waals surface area contributed by atoms with Crippen LogP contribution in [-0.2, 0) is 13.1 Å². The highest BCUT2D eigenvalue weighted by molar-refractivity contribution is 5.34. The molecule has 6 heteroatoms. The van der Waals surface area contributed by atoms with Gasteiger partial charge in [-0.1, -0.05) is 24.3 Å². The quantitative estimate of drug-likeness (QED) is 0.663. The van der Waals surface area contributed by atoms with Gasteiger partial charge in [-0.3, -0.25) is 0 Å². The van der Waals surface area contributed by atoms with Gasteiger partial charge in [0.2, 0.25) is 5.95 Å². The van der Waals surface area contributed by atoms with Gasteiger partial charge in [0.1, 0.15) is 17.8 Å². The zero-order chi connectivity index (χ0) is 17.6. The molecule has 130 valence electrons. The number of benzene rings is 2. The maximum absolute atomic E-state index is 5.20. The second-order valence-corrected chi connectivity index (χ2v) is 5.77. The van der Waals surface area contributed by atoms with Crippen LogP contribution in [-0.4, -0.2) is 36.0 Å². The highest BCUT2D eigenvalue weighted by Gasteiger charge is 2.11. The summed E-state index contributed by atoms with van der Waals surface area (Å²) >= 11 is 0. The summed E-state index contributed by atoms with van der Waals surface area (Å²) in [5, 5.41) is 4.36. The number of nitrogens with zero attached hydrogens (tertiary/aromatic N) is 4. The molecule has 0 aliphatic carbocycles. The van der Waals surface area contributed by atoms with Gasteiger partial charge in [0.05, 0.1) is 20.8 Å². The monoisotopic (exact) mass is 338 g/mol. The zero-order valence-electron chi connectivity index (χ0n) is 14.7. The Kier molecular flexibility index (Phi) is 5.18. The smallest absolute Gasteiger partial charge is 0.224 e. The summed E-state index contributed by atoms with van der Waals surface area (Å²) < 4.78 is 12.3.